The van der Waals surface area contributed by atoms with Crippen LogP contribution in [-0.4, -0.2) is 16.9 Å². The van der Waals surface area contributed by atoms with Crippen LogP contribution >= 0.6 is 27.3 Å². The Labute approximate surface area is 131 Å². The summed E-state index contributed by atoms with van der Waals surface area (Å²) in [7, 11) is 1.67. The van der Waals surface area contributed by atoms with E-state index in [0.29, 0.717) is 0 Å². The monoisotopic (exact) mass is 358 g/mol. The van der Waals surface area contributed by atoms with Crippen molar-refractivity contribution in [2.45, 2.75) is 32.9 Å². The van der Waals surface area contributed by atoms with Gasteiger partial charge in [-0.25, -0.2) is 0 Å². The van der Waals surface area contributed by atoms with Crippen molar-refractivity contribution in [2.24, 2.45) is 5.84 Å². The molecule has 0 saturated heterocycles. The molecule has 0 radical (unpaired) electrons. The molecule has 2 aromatic rings. The summed E-state index contributed by atoms with van der Waals surface area (Å²) in [5.74, 6) is 6.59. The second-order valence-corrected chi connectivity index (χ2v) is 6.21. The number of hydrazine groups is 1. The molecule has 0 amide bonds. The maximum absolute atomic E-state index is 5.72. The number of rotatable bonds is 6. The number of nitrogens with one attached hydrogen (secondary N) is 1. The fourth-order valence-electron chi connectivity index (χ4n) is 2.12. The fourth-order valence-corrected chi connectivity index (χ4v) is 3.49. The van der Waals surface area contributed by atoms with Crippen molar-refractivity contribution in [3.8, 4) is 5.75 Å². The van der Waals surface area contributed by atoms with E-state index in [4.69, 9.17) is 10.6 Å². The van der Waals surface area contributed by atoms with E-state index in [-0.39, 0.29) is 6.04 Å². The van der Waals surface area contributed by atoms with Crippen LogP contribution in [0.15, 0.2) is 15.9 Å². The Balaban J connectivity index is 2.26. The van der Waals surface area contributed by atoms with E-state index in [1.165, 1.54) is 0 Å². The Morgan fingerprint density at radius 2 is 2.35 bits per heavy atom. The molecular weight excluding hydrogens is 340 g/mol. The molecule has 110 valence electrons. The predicted molar refractivity (Wildman–Crippen MR) is 85.0 cm³/mol. The van der Waals surface area contributed by atoms with E-state index in [1.54, 1.807) is 18.4 Å². The maximum Gasteiger partial charge on any atom is 0.129 e. The Bertz CT molecular complexity index is 581. The SMILES string of the molecule is CCn1nc(C)c(Br)c1CC(NN)c1cc(OC)cs1. The average molecular weight is 359 g/mol. The maximum atomic E-state index is 5.72. The van der Waals surface area contributed by atoms with Crippen molar-refractivity contribution >= 4 is 27.3 Å². The van der Waals surface area contributed by atoms with Crippen LogP contribution in [0.4, 0.5) is 0 Å². The molecule has 2 aromatic heterocycles. The molecule has 0 saturated carbocycles. The molecule has 0 aliphatic rings. The molecule has 0 fully saturated rings. The molecule has 0 spiro atoms. The number of aromatic nitrogens is 2. The minimum atomic E-state index is 0.0431. The van der Waals surface area contributed by atoms with Crippen LogP contribution in [0.25, 0.3) is 0 Å². The number of thiophene rings is 1. The number of halogens is 1. The van der Waals surface area contributed by atoms with Gasteiger partial charge in [-0.05, 0) is 35.8 Å². The lowest BCUT2D eigenvalue weighted by Gasteiger charge is -2.15. The van der Waals surface area contributed by atoms with Gasteiger partial charge < -0.3 is 4.74 Å². The summed E-state index contributed by atoms with van der Waals surface area (Å²) in [5, 5.41) is 6.49. The Morgan fingerprint density at radius 3 is 2.90 bits per heavy atom. The number of hydrogen-bond donors (Lipinski definition) is 2. The summed E-state index contributed by atoms with van der Waals surface area (Å²) in [6, 6.07) is 2.06. The van der Waals surface area contributed by atoms with Crippen molar-refractivity contribution in [3.05, 3.63) is 32.2 Å². The third kappa shape index (κ3) is 3.06. The van der Waals surface area contributed by atoms with Gasteiger partial charge in [0.1, 0.15) is 5.75 Å². The lowest BCUT2D eigenvalue weighted by Crippen LogP contribution is -2.29. The molecule has 0 aliphatic carbocycles. The highest BCUT2D eigenvalue weighted by molar-refractivity contribution is 9.10. The van der Waals surface area contributed by atoms with Gasteiger partial charge in [-0.2, -0.15) is 5.10 Å². The molecule has 0 aliphatic heterocycles. The number of ether oxygens (including phenoxy) is 1. The summed E-state index contributed by atoms with van der Waals surface area (Å²) >= 11 is 5.26. The van der Waals surface area contributed by atoms with Gasteiger partial charge in [-0.15, -0.1) is 11.3 Å². The van der Waals surface area contributed by atoms with Crippen molar-refractivity contribution in [2.75, 3.05) is 7.11 Å². The smallest absolute Gasteiger partial charge is 0.129 e. The summed E-state index contributed by atoms with van der Waals surface area (Å²) in [5.41, 5.74) is 5.04. The summed E-state index contributed by atoms with van der Waals surface area (Å²) < 4.78 is 8.29. The standard InChI is InChI=1S/C13H19BrN4OS/c1-4-18-11(13(14)8(2)17-18)6-10(16-15)12-5-9(19-3)7-20-12/h5,7,10,16H,4,6,15H2,1-3H3. The first-order valence-electron chi connectivity index (χ1n) is 6.41. The Kier molecular flexibility index (Phi) is 5.20. The molecular formula is C13H19BrN4OS. The van der Waals surface area contributed by atoms with Gasteiger partial charge in [-0.1, -0.05) is 0 Å². The van der Waals surface area contributed by atoms with Crippen LogP contribution in [0.2, 0.25) is 0 Å². The third-order valence-corrected chi connectivity index (χ3v) is 5.28. The molecule has 20 heavy (non-hydrogen) atoms. The number of hydrogen-bond acceptors (Lipinski definition) is 5. The van der Waals surface area contributed by atoms with Crippen LogP contribution < -0.4 is 16.0 Å². The van der Waals surface area contributed by atoms with E-state index < -0.39 is 0 Å². The molecule has 1 unspecified atom stereocenters. The van der Waals surface area contributed by atoms with Crippen LogP contribution in [0.1, 0.15) is 29.2 Å². The van der Waals surface area contributed by atoms with Gasteiger partial charge in [0.05, 0.1) is 29.0 Å². The van der Waals surface area contributed by atoms with E-state index in [0.717, 1.165) is 39.5 Å². The molecule has 2 rings (SSSR count). The zero-order valence-corrected chi connectivity index (χ0v) is 14.2. The van der Waals surface area contributed by atoms with Crippen LogP contribution in [0.5, 0.6) is 5.75 Å². The topological polar surface area (TPSA) is 65.1 Å². The van der Waals surface area contributed by atoms with Crippen molar-refractivity contribution in [1.29, 1.82) is 0 Å². The van der Waals surface area contributed by atoms with Crippen molar-refractivity contribution in [3.63, 3.8) is 0 Å². The number of nitrogens with zero attached hydrogens (tertiary/aromatic N) is 2. The van der Waals surface area contributed by atoms with Crippen molar-refractivity contribution in [1.82, 2.24) is 15.2 Å². The first-order valence-corrected chi connectivity index (χ1v) is 8.08. The molecule has 1 atom stereocenters. The summed E-state index contributed by atoms with van der Waals surface area (Å²) in [4.78, 5) is 1.15. The molecule has 0 bridgehead atoms. The third-order valence-electron chi connectivity index (χ3n) is 3.23. The van der Waals surface area contributed by atoms with Crippen LogP contribution in [0, 0.1) is 6.92 Å². The molecule has 0 aromatic carbocycles. The zero-order valence-electron chi connectivity index (χ0n) is 11.8. The van der Waals surface area contributed by atoms with Gasteiger partial charge >= 0.3 is 0 Å². The molecule has 5 nitrogen and oxygen atoms in total. The lowest BCUT2D eigenvalue weighted by molar-refractivity contribution is 0.415. The first-order chi connectivity index (χ1) is 9.60. The highest BCUT2D eigenvalue weighted by Gasteiger charge is 2.19. The second kappa shape index (κ2) is 6.71. The fraction of sp³-hybridized carbons (Fsp3) is 0.462. The van der Waals surface area contributed by atoms with E-state index in [2.05, 4.69) is 33.4 Å². The van der Waals surface area contributed by atoms with Gasteiger partial charge in [0.2, 0.25) is 0 Å². The van der Waals surface area contributed by atoms with E-state index in [1.807, 2.05) is 23.1 Å². The summed E-state index contributed by atoms with van der Waals surface area (Å²) in [6.45, 7) is 4.92. The highest BCUT2D eigenvalue weighted by Crippen LogP contribution is 2.31. The number of aryl methyl sites for hydroxylation is 2. The second-order valence-electron chi connectivity index (χ2n) is 4.47. The predicted octanol–water partition coefficient (Wildman–Crippen LogP) is 2.79. The van der Waals surface area contributed by atoms with Crippen molar-refractivity contribution < 1.29 is 4.74 Å². The van der Waals surface area contributed by atoms with Crippen LogP contribution in [0.3, 0.4) is 0 Å². The van der Waals surface area contributed by atoms with E-state index in [9.17, 15) is 0 Å². The van der Waals surface area contributed by atoms with E-state index >= 15 is 0 Å². The lowest BCUT2D eigenvalue weighted by atomic mass is 10.1. The normalized spacial score (nSPS) is 12.7. The number of nitrogens with two attached hydrogens (primary N) is 1. The quantitative estimate of drug-likeness (QED) is 0.615. The Hall–Kier alpha value is -0.890. The molecule has 2 heterocycles. The van der Waals surface area contributed by atoms with Gasteiger partial charge in [-0.3, -0.25) is 16.0 Å². The minimum absolute atomic E-state index is 0.0431. The zero-order chi connectivity index (χ0) is 14.7. The van der Waals surface area contributed by atoms with Gasteiger partial charge in [0.15, 0.2) is 0 Å². The number of methoxy groups -OCH3 is 1. The molecule has 7 heteroatoms. The average Bonchev–Trinajstić information content (AvgIpc) is 3.03. The highest BCUT2D eigenvalue weighted by atomic mass is 79.9. The van der Waals surface area contributed by atoms with Gasteiger partial charge in [0, 0.05) is 23.2 Å². The molecule has 3 N–H and O–H groups in total. The van der Waals surface area contributed by atoms with Gasteiger partial charge in [0.25, 0.3) is 0 Å². The Morgan fingerprint density at radius 1 is 1.60 bits per heavy atom. The summed E-state index contributed by atoms with van der Waals surface area (Å²) in [6.07, 6.45) is 0.773. The largest absolute Gasteiger partial charge is 0.496 e. The minimum Gasteiger partial charge on any atom is -0.496 e. The first kappa shape index (κ1) is 15.5. The van der Waals surface area contributed by atoms with Crippen LogP contribution in [-0.2, 0) is 13.0 Å².